The molecule has 1 saturated heterocycles. The van der Waals surface area contributed by atoms with Crippen molar-refractivity contribution in [3.8, 4) is 0 Å². The highest BCUT2D eigenvalue weighted by Crippen LogP contribution is 2.32. The van der Waals surface area contributed by atoms with Crippen molar-refractivity contribution in [3.05, 3.63) is 0 Å². The molecule has 0 N–H and O–H groups in total. The fraction of sp³-hybridized carbons (Fsp3) is 0.917. The van der Waals surface area contributed by atoms with E-state index in [4.69, 9.17) is 9.47 Å². The van der Waals surface area contributed by atoms with Gasteiger partial charge in [-0.25, -0.2) is 0 Å². The van der Waals surface area contributed by atoms with Gasteiger partial charge < -0.3 is 9.47 Å². The first kappa shape index (κ1) is 11.9. The maximum absolute atomic E-state index is 11.9. The number of esters is 1. The Kier molecular flexibility index (Phi) is 3.82. The van der Waals surface area contributed by atoms with Gasteiger partial charge in [0.1, 0.15) is 6.04 Å². The fourth-order valence-corrected chi connectivity index (χ4v) is 2.55. The molecule has 0 spiro atoms. The minimum absolute atomic E-state index is 0.0681. The molecule has 1 atom stereocenters. The van der Waals surface area contributed by atoms with E-state index in [0.717, 1.165) is 26.1 Å². The summed E-state index contributed by atoms with van der Waals surface area (Å²) in [5.74, 6) is 0.313. The topological polar surface area (TPSA) is 38.8 Å². The van der Waals surface area contributed by atoms with Crippen LogP contribution in [0, 0.1) is 5.92 Å². The van der Waals surface area contributed by atoms with Crippen LogP contribution in [0.1, 0.15) is 25.7 Å². The van der Waals surface area contributed by atoms with E-state index in [0.29, 0.717) is 12.0 Å². The molecule has 0 aromatic heterocycles. The summed E-state index contributed by atoms with van der Waals surface area (Å²) in [4.78, 5) is 14.1. The Hall–Kier alpha value is -0.610. The number of hydrogen-bond acceptors (Lipinski definition) is 4. The van der Waals surface area contributed by atoms with Crippen molar-refractivity contribution in [2.24, 2.45) is 5.92 Å². The van der Waals surface area contributed by atoms with Gasteiger partial charge in [-0.05, 0) is 38.6 Å². The monoisotopic (exact) mass is 227 g/mol. The lowest BCUT2D eigenvalue weighted by molar-refractivity contribution is -0.150. The van der Waals surface area contributed by atoms with Crippen LogP contribution in [-0.2, 0) is 14.3 Å². The molecule has 1 heterocycles. The summed E-state index contributed by atoms with van der Waals surface area (Å²) in [5.41, 5.74) is 0. The van der Waals surface area contributed by atoms with Crippen LogP contribution in [0.15, 0.2) is 0 Å². The second kappa shape index (κ2) is 5.15. The van der Waals surface area contributed by atoms with Crippen molar-refractivity contribution in [1.82, 2.24) is 4.90 Å². The SMILES string of the molecule is COC(=O)C(C1CCOCC1)N(C)C1CC1. The average Bonchev–Trinajstić information content (AvgIpc) is 3.14. The summed E-state index contributed by atoms with van der Waals surface area (Å²) in [5, 5.41) is 0. The number of carbonyl (C=O) groups is 1. The third-order valence-corrected chi connectivity index (χ3v) is 3.72. The lowest BCUT2D eigenvalue weighted by Gasteiger charge is -2.34. The molecule has 0 aromatic rings. The van der Waals surface area contributed by atoms with Crippen molar-refractivity contribution in [1.29, 1.82) is 0 Å². The fourth-order valence-electron chi connectivity index (χ4n) is 2.55. The minimum atomic E-state index is -0.0821. The highest BCUT2D eigenvalue weighted by Gasteiger charge is 2.40. The van der Waals surface area contributed by atoms with E-state index >= 15 is 0 Å². The first-order valence-electron chi connectivity index (χ1n) is 6.11. The normalized spacial score (nSPS) is 24.4. The van der Waals surface area contributed by atoms with Crippen molar-refractivity contribution in [2.75, 3.05) is 27.4 Å². The summed E-state index contributed by atoms with van der Waals surface area (Å²) in [6.07, 6.45) is 4.37. The number of likely N-dealkylation sites (N-methyl/N-ethyl adjacent to an activating group) is 1. The van der Waals surface area contributed by atoms with Gasteiger partial charge in [-0.15, -0.1) is 0 Å². The Labute approximate surface area is 96.9 Å². The third kappa shape index (κ3) is 2.55. The molecule has 1 aliphatic carbocycles. The molecule has 2 aliphatic rings. The molecule has 0 radical (unpaired) electrons. The number of rotatable bonds is 4. The van der Waals surface area contributed by atoms with Crippen molar-refractivity contribution in [3.63, 3.8) is 0 Å². The van der Waals surface area contributed by atoms with Crippen LogP contribution in [0.5, 0.6) is 0 Å². The van der Waals surface area contributed by atoms with E-state index in [-0.39, 0.29) is 12.0 Å². The molecule has 4 nitrogen and oxygen atoms in total. The van der Waals surface area contributed by atoms with Crippen LogP contribution < -0.4 is 0 Å². The zero-order valence-corrected chi connectivity index (χ0v) is 10.1. The van der Waals surface area contributed by atoms with E-state index in [1.54, 1.807) is 0 Å². The first-order chi connectivity index (χ1) is 7.74. The van der Waals surface area contributed by atoms with Crippen LogP contribution >= 0.6 is 0 Å². The largest absolute Gasteiger partial charge is 0.468 e. The van der Waals surface area contributed by atoms with E-state index in [9.17, 15) is 4.79 Å². The summed E-state index contributed by atoms with van der Waals surface area (Å²) in [6, 6.07) is 0.522. The molecule has 2 rings (SSSR count). The van der Waals surface area contributed by atoms with Gasteiger partial charge in [-0.2, -0.15) is 0 Å². The number of carbonyl (C=O) groups excluding carboxylic acids is 1. The lowest BCUT2D eigenvalue weighted by Crippen LogP contribution is -2.47. The number of nitrogens with zero attached hydrogens (tertiary/aromatic N) is 1. The molecule has 1 aliphatic heterocycles. The van der Waals surface area contributed by atoms with Gasteiger partial charge in [-0.1, -0.05) is 0 Å². The summed E-state index contributed by atoms with van der Waals surface area (Å²) in [6.45, 7) is 1.55. The molecule has 1 unspecified atom stereocenters. The van der Waals surface area contributed by atoms with Gasteiger partial charge in [0.15, 0.2) is 0 Å². The standard InChI is InChI=1S/C12H21NO3/c1-13(10-3-4-10)11(12(14)15-2)9-5-7-16-8-6-9/h9-11H,3-8H2,1-2H3. The Morgan fingerprint density at radius 1 is 1.31 bits per heavy atom. The highest BCUT2D eigenvalue weighted by atomic mass is 16.5. The zero-order valence-electron chi connectivity index (χ0n) is 10.1. The smallest absolute Gasteiger partial charge is 0.323 e. The van der Waals surface area contributed by atoms with Gasteiger partial charge >= 0.3 is 5.97 Å². The predicted octanol–water partition coefficient (Wildman–Crippen LogP) is 1.05. The van der Waals surface area contributed by atoms with Crippen LogP contribution in [0.4, 0.5) is 0 Å². The second-order valence-corrected chi connectivity index (χ2v) is 4.81. The minimum Gasteiger partial charge on any atom is -0.468 e. The number of methoxy groups -OCH3 is 1. The summed E-state index contributed by atoms with van der Waals surface area (Å²) >= 11 is 0. The Balaban J connectivity index is 2.02. The quantitative estimate of drug-likeness (QED) is 0.673. The van der Waals surface area contributed by atoms with Gasteiger partial charge in [-0.3, -0.25) is 9.69 Å². The van der Waals surface area contributed by atoms with E-state index < -0.39 is 0 Å². The molecule has 2 fully saturated rings. The first-order valence-corrected chi connectivity index (χ1v) is 6.11. The maximum atomic E-state index is 11.9. The van der Waals surface area contributed by atoms with Crippen LogP contribution in [-0.4, -0.2) is 50.3 Å². The molecule has 92 valence electrons. The number of hydrogen-bond donors (Lipinski definition) is 0. The van der Waals surface area contributed by atoms with Gasteiger partial charge in [0.25, 0.3) is 0 Å². The van der Waals surface area contributed by atoms with Crippen molar-refractivity contribution in [2.45, 2.75) is 37.8 Å². The van der Waals surface area contributed by atoms with Gasteiger partial charge in [0.05, 0.1) is 7.11 Å². The third-order valence-electron chi connectivity index (χ3n) is 3.72. The van der Waals surface area contributed by atoms with E-state index in [1.807, 2.05) is 0 Å². The molecular formula is C12H21NO3. The molecule has 4 heteroatoms. The van der Waals surface area contributed by atoms with E-state index in [2.05, 4.69) is 11.9 Å². The maximum Gasteiger partial charge on any atom is 0.323 e. The number of ether oxygens (including phenoxy) is 2. The Morgan fingerprint density at radius 2 is 1.94 bits per heavy atom. The second-order valence-electron chi connectivity index (χ2n) is 4.81. The van der Waals surface area contributed by atoms with Crippen LogP contribution in [0.2, 0.25) is 0 Å². The Morgan fingerprint density at radius 3 is 2.44 bits per heavy atom. The summed E-state index contributed by atoms with van der Waals surface area (Å²) in [7, 11) is 3.53. The molecule has 0 bridgehead atoms. The zero-order chi connectivity index (χ0) is 11.5. The van der Waals surface area contributed by atoms with Crippen molar-refractivity contribution < 1.29 is 14.3 Å². The van der Waals surface area contributed by atoms with E-state index in [1.165, 1.54) is 20.0 Å². The molecular weight excluding hydrogens is 206 g/mol. The average molecular weight is 227 g/mol. The van der Waals surface area contributed by atoms with Gasteiger partial charge in [0.2, 0.25) is 0 Å². The molecule has 0 aromatic carbocycles. The summed E-state index contributed by atoms with van der Waals surface area (Å²) < 4.78 is 10.3. The molecule has 16 heavy (non-hydrogen) atoms. The molecule has 0 amide bonds. The molecule has 1 saturated carbocycles. The van der Waals surface area contributed by atoms with Crippen LogP contribution in [0.3, 0.4) is 0 Å². The van der Waals surface area contributed by atoms with Gasteiger partial charge in [0, 0.05) is 19.3 Å². The predicted molar refractivity (Wildman–Crippen MR) is 60.1 cm³/mol. The highest BCUT2D eigenvalue weighted by molar-refractivity contribution is 5.76. The van der Waals surface area contributed by atoms with Crippen molar-refractivity contribution >= 4 is 5.97 Å². The lowest BCUT2D eigenvalue weighted by atomic mass is 9.90. The van der Waals surface area contributed by atoms with Crippen LogP contribution in [0.25, 0.3) is 0 Å². The Bertz CT molecular complexity index is 247.